The maximum Gasteiger partial charge on any atom is 0.0484 e. The number of nitrogens with zero attached hydrogens (tertiary/aromatic N) is 1. The van der Waals surface area contributed by atoms with Gasteiger partial charge in [-0.1, -0.05) is 54.8 Å². The first-order valence-corrected chi connectivity index (χ1v) is 7.82. The molecular weight excluding hydrogens is 266 g/mol. The van der Waals surface area contributed by atoms with Gasteiger partial charge in [0, 0.05) is 29.4 Å². The Labute approximate surface area is 126 Å². The molecule has 2 aromatic carbocycles. The number of halogens is 1. The molecule has 1 aliphatic heterocycles. The van der Waals surface area contributed by atoms with Gasteiger partial charge in [-0.15, -0.1) is 0 Å². The minimum absolute atomic E-state index is 0.820. The van der Waals surface area contributed by atoms with Gasteiger partial charge in [0.2, 0.25) is 0 Å². The quantitative estimate of drug-likeness (QED) is 0.715. The summed E-state index contributed by atoms with van der Waals surface area (Å²) >= 11 is 6.31. The summed E-state index contributed by atoms with van der Waals surface area (Å²) in [6.45, 7) is 2.35. The lowest BCUT2D eigenvalue weighted by atomic mass is 10.0. The molecule has 0 spiro atoms. The van der Waals surface area contributed by atoms with Crippen LogP contribution in [0.4, 0.5) is 5.69 Å². The SMILES string of the molecule is Clc1ccccc1-c1cccc(N2CCCCCC2)c1. The molecule has 0 unspecified atom stereocenters. The average molecular weight is 286 g/mol. The molecule has 0 aromatic heterocycles. The molecule has 20 heavy (non-hydrogen) atoms. The van der Waals surface area contributed by atoms with Crippen molar-refractivity contribution in [2.75, 3.05) is 18.0 Å². The smallest absolute Gasteiger partial charge is 0.0484 e. The van der Waals surface area contributed by atoms with E-state index in [0.717, 1.165) is 10.6 Å². The predicted octanol–water partition coefficient (Wildman–Crippen LogP) is 5.39. The Balaban J connectivity index is 1.91. The van der Waals surface area contributed by atoms with Crippen molar-refractivity contribution in [1.82, 2.24) is 0 Å². The molecule has 1 aliphatic rings. The van der Waals surface area contributed by atoms with E-state index in [1.807, 2.05) is 18.2 Å². The highest BCUT2D eigenvalue weighted by atomic mass is 35.5. The monoisotopic (exact) mass is 285 g/mol. The molecule has 0 aliphatic carbocycles. The normalized spacial score (nSPS) is 15.9. The van der Waals surface area contributed by atoms with Crippen LogP contribution in [0.15, 0.2) is 48.5 Å². The molecule has 1 heterocycles. The van der Waals surface area contributed by atoms with E-state index in [-0.39, 0.29) is 0 Å². The maximum absolute atomic E-state index is 6.31. The highest BCUT2D eigenvalue weighted by Gasteiger charge is 2.11. The summed E-state index contributed by atoms with van der Waals surface area (Å²) in [5.74, 6) is 0. The molecule has 0 saturated carbocycles. The zero-order valence-electron chi connectivity index (χ0n) is 11.7. The van der Waals surface area contributed by atoms with E-state index < -0.39 is 0 Å². The molecule has 0 radical (unpaired) electrons. The summed E-state index contributed by atoms with van der Waals surface area (Å²) in [6.07, 6.45) is 5.33. The van der Waals surface area contributed by atoms with Gasteiger partial charge in [0.1, 0.15) is 0 Å². The topological polar surface area (TPSA) is 3.24 Å². The summed E-state index contributed by atoms with van der Waals surface area (Å²) in [6, 6.07) is 16.8. The minimum Gasteiger partial charge on any atom is -0.372 e. The van der Waals surface area contributed by atoms with Crippen LogP contribution < -0.4 is 4.90 Å². The van der Waals surface area contributed by atoms with Crippen molar-refractivity contribution in [2.45, 2.75) is 25.7 Å². The Hall–Kier alpha value is -1.47. The van der Waals surface area contributed by atoms with Crippen LogP contribution in [-0.4, -0.2) is 13.1 Å². The Morgan fingerprint density at radius 1 is 0.800 bits per heavy atom. The van der Waals surface area contributed by atoms with Crippen molar-refractivity contribution in [3.63, 3.8) is 0 Å². The lowest BCUT2D eigenvalue weighted by Gasteiger charge is -2.23. The summed E-state index contributed by atoms with van der Waals surface area (Å²) in [5.41, 5.74) is 3.65. The van der Waals surface area contributed by atoms with E-state index in [4.69, 9.17) is 11.6 Å². The number of hydrogen-bond donors (Lipinski definition) is 0. The predicted molar refractivity (Wildman–Crippen MR) is 87.6 cm³/mol. The van der Waals surface area contributed by atoms with E-state index in [9.17, 15) is 0 Å². The van der Waals surface area contributed by atoms with Crippen molar-refractivity contribution in [2.24, 2.45) is 0 Å². The van der Waals surface area contributed by atoms with E-state index >= 15 is 0 Å². The molecule has 3 rings (SSSR count). The van der Waals surface area contributed by atoms with Crippen molar-refractivity contribution in [3.8, 4) is 11.1 Å². The van der Waals surface area contributed by atoms with E-state index in [1.54, 1.807) is 0 Å². The molecule has 1 nitrogen and oxygen atoms in total. The largest absolute Gasteiger partial charge is 0.372 e. The summed E-state index contributed by atoms with van der Waals surface area (Å²) in [7, 11) is 0. The first kappa shape index (κ1) is 13.5. The molecule has 1 fully saturated rings. The van der Waals surface area contributed by atoms with Gasteiger partial charge in [-0.2, -0.15) is 0 Å². The first-order valence-electron chi connectivity index (χ1n) is 7.44. The molecule has 104 valence electrons. The minimum atomic E-state index is 0.820. The molecule has 0 atom stereocenters. The van der Waals surface area contributed by atoms with Crippen LogP contribution in [0.1, 0.15) is 25.7 Å². The van der Waals surface area contributed by atoms with Crippen LogP contribution in [0.2, 0.25) is 5.02 Å². The number of hydrogen-bond acceptors (Lipinski definition) is 1. The average Bonchev–Trinajstić information content (AvgIpc) is 2.77. The Morgan fingerprint density at radius 2 is 1.55 bits per heavy atom. The second kappa shape index (κ2) is 6.32. The van der Waals surface area contributed by atoms with Gasteiger partial charge in [-0.25, -0.2) is 0 Å². The standard InChI is InChI=1S/C18H20ClN/c19-18-11-4-3-10-17(18)15-8-7-9-16(14-15)20-12-5-1-2-6-13-20/h3-4,7-11,14H,1-2,5-6,12-13H2. The molecule has 0 bridgehead atoms. The maximum atomic E-state index is 6.31. The highest BCUT2D eigenvalue weighted by molar-refractivity contribution is 6.33. The first-order chi connectivity index (χ1) is 9.84. The molecule has 0 amide bonds. The van der Waals surface area contributed by atoms with Gasteiger partial charge in [0.05, 0.1) is 0 Å². The van der Waals surface area contributed by atoms with Crippen LogP contribution in [-0.2, 0) is 0 Å². The van der Waals surface area contributed by atoms with Gasteiger partial charge in [-0.05, 0) is 36.6 Å². The van der Waals surface area contributed by atoms with Gasteiger partial charge in [0.25, 0.3) is 0 Å². The van der Waals surface area contributed by atoms with E-state index in [1.165, 1.54) is 50.0 Å². The van der Waals surface area contributed by atoms with Crippen molar-refractivity contribution in [3.05, 3.63) is 53.6 Å². The van der Waals surface area contributed by atoms with Crippen molar-refractivity contribution >= 4 is 17.3 Å². The van der Waals surface area contributed by atoms with Crippen LogP contribution in [0.25, 0.3) is 11.1 Å². The fraction of sp³-hybridized carbons (Fsp3) is 0.333. The van der Waals surface area contributed by atoms with Crippen molar-refractivity contribution in [1.29, 1.82) is 0 Å². The Morgan fingerprint density at radius 3 is 2.30 bits per heavy atom. The van der Waals surface area contributed by atoms with E-state index in [0.29, 0.717) is 0 Å². The summed E-state index contributed by atoms with van der Waals surface area (Å²) in [4.78, 5) is 2.51. The highest BCUT2D eigenvalue weighted by Crippen LogP contribution is 2.30. The van der Waals surface area contributed by atoms with Gasteiger partial charge >= 0.3 is 0 Å². The lowest BCUT2D eigenvalue weighted by molar-refractivity contribution is 0.726. The number of rotatable bonds is 2. The second-order valence-corrected chi connectivity index (χ2v) is 5.84. The summed E-state index contributed by atoms with van der Waals surface area (Å²) in [5, 5.41) is 0.820. The van der Waals surface area contributed by atoms with Crippen LogP contribution in [0.3, 0.4) is 0 Å². The van der Waals surface area contributed by atoms with Gasteiger partial charge in [-0.3, -0.25) is 0 Å². The van der Waals surface area contributed by atoms with Crippen LogP contribution >= 0.6 is 11.6 Å². The number of benzene rings is 2. The number of anilines is 1. The van der Waals surface area contributed by atoms with Gasteiger partial charge < -0.3 is 4.90 Å². The van der Waals surface area contributed by atoms with E-state index in [2.05, 4.69) is 35.2 Å². The molecule has 2 aromatic rings. The Kier molecular flexibility index (Phi) is 4.27. The molecule has 2 heteroatoms. The van der Waals surface area contributed by atoms with Crippen molar-refractivity contribution < 1.29 is 0 Å². The second-order valence-electron chi connectivity index (χ2n) is 5.43. The fourth-order valence-electron chi connectivity index (χ4n) is 2.89. The third kappa shape index (κ3) is 2.99. The third-order valence-corrected chi connectivity index (χ3v) is 4.33. The molecular formula is C18H20ClN. The third-order valence-electron chi connectivity index (χ3n) is 4.00. The van der Waals surface area contributed by atoms with Crippen LogP contribution in [0, 0.1) is 0 Å². The fourth-order valence-corrected chi connectivity index (χ4v) is 3.14. The molecule has 1 saturated heterocycles. The lowest BCUT2D eigenvalue weighted by Crippen LogP contribution is -2.23. The summed E-state index contributed by atoms with van der Waals surface area (Å²) < 4.78 is 0. The van der Waals surface area contributed by atoms with Gasteiger partial charge in [0.15, 0.2) is 0 Å². The molecule has 0 N–H and O–H groups in total. The zero-order chi connectivity index (χ0) is 13.8. The zero-order valence-corrected chi connectivity index (χ0v) is 12.4. The van der Waals surface area contributed by atoms with Crippen LogP contribution in [0.5, 0.6) is 0 Å². The Bertz CT molecular complexity index is 571.